The second-order valence-electron chi connectivity index (χ2n) is 12.7. The van der Waals surface area contributed by atoms with Crippen LogP contribution < -0.4 is 4.90 Å². The number of rotatable bonds is 11. The van der Waals surface area contributed by atoms with Gasteiger partial charge in [-0.1, -0.05) is 62.4 Å². The van der Waals surface area contributed by atoms with Crippen LogP contribution in [0.4, 0.5) is 5.69 Å². The molecule has 1 heterocycles. The summed E-state index contributed by atoms with van der Waals surface area (Å²) in [7, 11) is 1.58. The van der Waals surface area contributed by atoms with Crippen molar-refractivity contribution in [1.82, 2.24) is 4.90 Å². The molecule has 222 valence electrons. The molecule has 0 aliphatic carbocycles. The summed E-state index contributed by atoms with van der Waals surface area (Å²) in [5.41, 5.74) is -4.86. The van der Waals surface area contributed by atoms with Crippen molar-refractivity contribution in [1.29, 1.82) is 0 Å². The molecule has 1 aliphatic rings. The van der Waals surface area contributed by atoms with Gasteiger partial charge in [0.1, 0.15) is 11.6 Å². The number of aliphatic hydroxyl groups is 2. The molecular weight excluding hydrogens is 520 g/mol. The third kappa shape index (κ3) is 5.35. The highest BCUT2D eigenvalue weighted by Gasteiger charge is 2.59. The lowest BCUT2D eigenvalue weighted by Gasteiger charge is -2.53. The van der Waals surface area contributed by atoms with Crippen molar-refractivity contribution < 1.29 is 29.4 Å². The van der Waals surface area contributed by atoms with Crippen LogP contribution in [-0.2, 0) is 30.4 Å². The second-order valence-corrected chi connectivity index (χ2v) is 12.7. The molecule has 0 aromatic heterocycles. The maximum Gasteiger partial charge on any atom is 0.264 e. The van der Waals surface area contributed by atoms with E-state index in [1.54, 1.807) is 89.3 Å². The molecule has 8 heteroatoms. The van der Waals surface area contributed by atoms with Crippen molar-refractivity contribution in [2.45, 2.75) is 90.5 Å². The maximum atomic E-state index is 14.3. The monoisotopic (exact) mass is 564 g/mol. The Morgan fingerprint density at radius 1 is 0.902 bits per heavy atom. The van der Waals surface area contributed by atoms with Gasteiger partial charge in [-0.3, -0.25) is 19.2 Å². The van der Waals surface area contributed by atoms with E-state index in [2.05, 4.69) is 0 Å². The van der Waals surface area contributed by atoms with Gasteiger partial charge in [-0.2, -0.15) is 0 Å². The van der Waals surface area contributed by atoms with Crippen molar-refractivity contribution in [2.75, 3.05) is 11.9 Å². The van der Waals surface area contributed by atoms with Crippen molar-refractivity contribution >= 4 is 29.1 Å². The smallest absolute Gasteiger partial charge is 0.264 e. The fraction of sp³-hybridized carbons (Fsp3) is 0.515. The Kier molecular flexibility index (Phi) is 8.74. The molecule has 0 spiro atoms. The first-order valence-electron chi connectivity index (χ1n) is 14.1. The Labute approximate surface area is 243 Å². The Balaban J connectivity index is 2.09. The number of carbonyl (C=O) groups is 4. The minimum Gasteiger partial charge on any atom is -0.375 e. The Morgan fingerprint density at radius 2 is 1.41 bits per heavy atom. The molecule has 2 N–H and O–H groups in total. The summed E-state index contributed by atoms with van der Waals surface area (Å²) in [5, 5.41) is 23.8. The third-order valence-corrected chi connectivity index (χ3v) is 9.54. The predicted octanol–water partition coefficient (Wildman–Crippen LogP) is 4.35. The fourth-order valence-electron chi connectivity index (χ4n) is 5.61. The van der Waals surface area contributed by atoms with Crippen molar-refractivity contribution in [3.63, 3.8) is 0 Å². The fourth-order valence-corrected chi connectivity index (χ4v) is 5.61. The van der Waals surface area contributed by atoms with Gasteiger partial charge in [-0.05, 0) is 66.0 Å². The molecule has 0 radical (unpaired) electrons. The molecule has 4 atom stereocenters. The van der Waals surface area contributed by atoms with Crippen molar-refractivity contribution in [3.05, 3.63) is 65.7 Å². The van der Waals surface area contributed by atoms with E-state index in [4.69, 9.17) is 0 Å². The number of hydrogen-bond donors (Lipinski definition) is 2. The molecule has 4 unspecified atom stereocenters. The number of anilines is 1. The molecule has 2 aromatic carbocycles. The molecule has 41 heavy (non-hydrogen) atoms. The van der Waals surface area contributed by atoms with E-state index >= 15 is 0 Å². The third-order valence-electron chi connectivity index (χ3n) is 9.54. The number of fused-ring (bicyclic) bond motifs is 1. The van der Waals surface area contributed by atoms with Crippen LogP contribution in [0.2, 0.25) is 0 Å². The van der Waals surface area contributed by atoms with Gasteiger partial charge in [0.05, 0.1) is 16.8 Å². The van der Waals surface area contributed by atoms with Crippen LogP contribution in [-0.4, -0.2) is 56.6 Å². The molecular formula is C33H44N2O6. The summed E-state index contributed by atoms with van der Waals surface area (Å²) in [4.78, 5) is 55.6. The number of Topliss-reactive ketones (excluding diaryl/α,β-unsaturated/α-hetero) is 2. The highest BCUT2D eigenvalue weighted by atomic mass is 16.3. The van der Waals surface area contributed by atoms with Crippen LogP contribution >= 0.6 is 0 Å². The van der Waals surface area contributed by atoms with Gasteiger partial charge in [0.2, 0.25) is 0 Å². The Morgan fingerprint density at radius 3 is 1.95 bits per heavy atom. The van der Waals surface area contributed by atoms with Gasteiger partial charge < -0.3 is 20.0 Å². The number of para-hydroxylation sites is 1. The number of nitrogens with zero attached hydrogens (tertiary/aromatic N) is 2. The number of likely N-dealkylation sites (N-methyl/N-ethyl adjacent to an activating group) is 1. The first-order chi connectivity index (χ1) is 18.8. The van der Waals surface area contributed by atoms with E-state index in [9.17, 15) is 29.4 Å². The molecule has 0 bridgehead atoms. The zero-order valence-electron chi connectivity index (χ0n) is 25.7. The standard InChI is InChI=1S/C33H44N2O6/c1-21(23(3)36)19-32(40,25-15-11-10-12-16-25)28(38)34(9)30(5,6)31(7,8)35-27-18-14-13-17-26(27)33(41,29(35)39)20-22(2)24(4)37/h10-18,21-22,40-41H,19-20H2,1-9H3. The largest absolute Gasteiger partial charge is 0.375 e. The molecule has 8 nitrogen and oxygen atoms in total. The van der Waals surface area contributed by atoms with Crippen LogP contribution in [0.1, 0.15) is 79.4 Å². The van der Waals surface area contributed by atoms with Crippen LogP contribution in [0.5, 0.6) is 0 Å². The van der Waals surface area contributed by atoms with Crippen molar-refractivity contribution in [2.24, 2.45) is 11.8 Å². The van der Waals surface area contributed by atoms with Gasteiger partial charge in [-0.25, -0.2) is 0 Å². The number of hydrogen-bond acceptors (Lipinski definition) is 6. The lowest BCUT2D eigenvalue weighted by molar-refractivity contribution is -0.162. The van der Waals surface area contributed by atoms with Gasteiger partial charge in [0, 0.05) is 24.4 Å². The first kappa shape index (κ1) is 32.2. The normalized spacial score (nSPS) is 20.2. The maximum absolute atomic E-state index is 14.3. The van der Waals surface area contributed by atoms with Crippen LogP contribution in [0.3, 0.4) is 0 Å². The van der Waals surface area contributed by atoms with E-state index < -0.39 is 45.9 Å². The van der Waals surface area contributed by atoms with Crippen molar-refractivity contribution in [3.8, 4) is 0 Å². The SMILES string of the molecule is CC(=O)C(C)CC(O)(C(=O)N(C)C(C)(C)C(C)(C)N1C(=O)C(O)(CC(C)C(C)=O)c2ccccc21)c1ccccc1. The summed E-state index contributed by atoms with van der Waals surface area (Å²) < 4.78 is 0. The molecule has 2 amide bonds. The Bertz CT molecular complexity index is 1340. The predicted molar refractivity (Wildman–Crippen MR) is 158 cm³/mol. The lowest BCUT2D eigenvalue weighted by atomic mass is 9.76. The molecule has 1 aliphatic heterocycles. The highest BCUT2D eigenvalue weighted by molar-refractivity contribution is 6.08. The molecule has 0 saturated heterocycles. The Hall–Kier alpha value is -3.36. The summed E-state index contributed by atoms with van der Waals surface area (Å²) in [6, 6.07) is 15.5. The zero-order chi connectivity index (χ0) is 31.1. The van der Waals surface area contributed by atoms with Crippen LogP contribution in [0.25, 0.3) is 0 Å². The highest BCUT2D eigenvalue weighted by Crippen LogP contribution is 2.50. The topological polar surface area (TPSA) is 115 Å². The summed E-state index contributed by atoms with van der Waals surface area (Å²) in [6.45, 7) is 13.5. The molecule has 0 saturated carbocycles. The lowest BCUT2D eigenvalue weighted by Crippen LogP contribution is -2.69. The van der Waals surface area contributed by atoms with E-state index in [0.717, 1.165) is 0 Å². The number of ketones is 2. The van der Waals surface area contributed by atoms with Gasteiger partial charge >= 0.3 is 0 Å². The summed E-state index contributed by atoms with van der Waals surface area (Å²) in [5.74, 6) is -2.61. The van der Waals surface area contributed by atoms with Gasteiger partial charge in [0.25, 0.3) is 11.8 Å². The van der Waals surface area contributed by atoms with Crippen LogP contribution in [0, 0.1) is 11.8 Å². The average Bonchev–Trinajstić information content (AvgIpc) is 3.14. The molecule has 3 rings (SSSR count). The number of amides is 2. The quantitative estimate of drug-likeness (QED) is 0.419. The van der Waals surface area contributed by atoms with E-state index in [1.807, 2.05) is 13.8 Å². The zero-order valence-corrected chi connectivity index (χ0v) is 25.7. The van der Waals surface area contributed by atoms with Gasteiger partial charge in [0.15, 0.2) is 11.2 Å². The molecule has 0 fully saturated rings. The minimum atomic E-state index is -2.00. The molecule has 2 aromatic rings. The van der Waals surface area contributed by atoms with E-state index in [-0.39, 0.29) is 24.4 Å². The summed E-state index contributed by atoms with van der Waals surface area (Å²) in [6.07, 6.45) is -0.184. The first-order valence-corrected chi connectivity index (χ1v) is 14.1. The van der Waals surface area contributed by atoms with Crippen LogP contribution in [0.15, 0.2) is 54.6 Å². The second kappa shape index (κ2) is 11.1. The average molecular weight is 565 g/mol. The minimum absolute atomic E-state index is 0.0728. The van der Waals surface area contributed by atoms with E-state index in [1.165, 1.54) is 23.6 Å². The van der Waals surface area contributed by atoms with Gasteiger partial charge in [-0.15, -0.1) is 0 Å². The number of benzene rings is 2. The number of carbonyl (C=O) groups excluding carboxylic acids is 4. The van der Waals surface area contributed by atoms with E-state index in [0.29, 0.717) is 16.8 Å². The summed E-state index contributed by atoms with van der Waals surface area (Å²) >= 11 is 0.